The number of phosphoric ester groups is 1. The predicted molar refractivity (Wildman–Crippen MR) is 219 cm³/mol. The molecule has 0 bridgehead atoms. The van der Waals surface area contributed by atoms with Crippen LogP contribution >= 0.6 is 7.82 Å². The van der Waals surface area contributed by atoms with E-state index in [0.717, 1.165) is 89.9 Å². The van der Waals surface area contributed by atoms with Gasteiger partial charge in [0.25, 0.3) is 0 Å². The van der Waals surface area contributed by atoms with Crippen LogP contribution in [0.1, 0.15) is 155 Å². The van der Waals surface area contributed by atoms with Crippen molar-refractivity contribution in [1.82, 2.24) is 0 Å². The van der Waals surface area contributed by atoms with Crippen LogP contribution in [-0.2, 0) is 32.7 Å². The Bertz CT molecular complexity index is 1100. The Morgan fingerprint density at radius 3 is 1.55 bits per heavy atom. The molecule has 2 atom stereocenters. The van der Waals surface area contributed by atoms with Gasteiger partial charge in [-0.25, -0.2) is 4.57 Å². The summed E-state index contributed by atoms with van der Waals surface area (Å²) in [5.74, 6) is -0.880. The summed E-state index contributed by atoms with van der Waals surface area (Å²) >= 11 is 0. The Morgan fingerprint density at radius 2 is 1.04 bits per heavy atom. The van der Waals surface area contributed by atoms with Gasteiger partial charge in [0.15, 0.2) is 6.10 Å². The van der Waals surface area contributed by atoms with Gasteiger partial charge in [0.05, 0.1) is 13.2 Å². The SMILES string of the molecule is CCC=CCC=CCC=CCC=CCCCCCCC(=O)O[C@H](COC(=O)CCCCCCCC=CCC=CCCCCC)COP(=O)(O)OCCN. The molecule has 0 rings (SSSR count). The molecule has 0 aliphatic carbocycles. The summed E-state index contributed by atoms with van der Waals surface area (Å²) in [6.45, 7) is 3.52. The fraction of sp³-hybridized carbons (Fsp3) is 0.674. The Labute approximate surface area is 322 Å². The summed E-state index contributed by atoms with van der Waals surface area (Å²) in [5.41, 5.74) is 5.34. The molecule has 0 radical (unpaired) electrons. The van der Waals surface area contributed by atoms with Crippen LogP contribution in [0.5, 0.6) is 0 Å². The molecule has 304 valence electrons. The third kappa shape index (κ3) is 39.0. The summed E-state index contributed by atoms with van der Waals surface area (Å²) in [5, 5.41) is 0. The maximum Gasteiger partial charge on any atom is 0.472 e. The van der Waals surface area contributed by atoms with Crippen LogP contribution in [-0.4, -0.2) is 49.3 Å². The van der Waals surface area contributed by atoms with E-state index in [4.69, 9.17) is 24.3 Å². The van der Waals surface area contributed by atoms with Crippen molar-refractivity contribution in [3.63, 3.8) is 0 Å². The van der Waals surface area contributed by atoms with Gasteiger partial charge in [-0.3, -0.25) is 18.6 Å². The van der Waals surface area contributed by atoms with Gasteiger partial charge in [-0.05, 0) is 83.5 Å². The largest absolute Gasteiger partial charge is 0.472 e. The van der Waals surface area contributed by atoms with Crippen molar-refractivity contribution >= 4 is 19.8 Å². The quantitative estimate of drug-likeness (QED) is 0.0274. The van der Waals surface area contributed by atoms with Crippen molar-refractivity contribution in [2.24, 2.45) is 5.73 Å². The molecule has 3 N–H and O–H groups in total. The van der Waals surface area contributed by atoms with E-state index in [1.807, 2.05) is 0 Å². The van der Waals surface area contributed by atoms with Crippen molar-refractivity contribution in [1.29, 1.82) is 0 Å². The number of unbranched alkanes of at least 4 members (excludes halogenated alkanes) is 12. The molecule has 0 aliphatic rings. The molecule has 0 fully saturated rings. The summed E-state index contributed by atoms with van der Waals surface area (Å²) in [6, 6.07) is 0. The van der Waals surface area contributed by atoms with Crippen LogP contribution in [0, 0.1) is 0 Å². The van der Waals surface area contributed by atoms with Gasteiger partial charge in [-0.15, -0.1) is 0 Å². The second-order valence-corrected chi connectivity index (χ2v) is 14.6. The molecule has 0 aliphatic heterocycles. The minimum atomic E-state index is -4.39. The van der Waals surface area contributed by atoms with E-state index in [2.05, 4.69) is 86.8 Å². The van der Waals surface area contributed by atoms with Crippen molar-refractivity contribution in [3.8, 4) is 0 Å². The third-order valence-corrected chi connectivity index (χ3v) is 9.06. The first-order valence-electron chi connectivity index (χ1n) is 20.4. The van der Waals surface area contributed by atoms with Crippen molar-refractivity contribution in [3.05, 3.63) is 72.9 Å². The van der Waals surface area contributed by atoms with Crippen LogP contribution < -0.4 is 5.73 Å². The van der Waals surface area contributed by atoms with Crippen molar-refractivity contribution in [2.75, 3.05) is 26.4 Å². The maximum absolute atomic E-state index is 12.6. The molecule has 0 saturated carbocycles. The minimum Gasteiger partial charge on any atom is -0.462 e. The van der Waals surface area contributed by atoms with E-state index >= 15 is 0 Å². The average Bonchev–Trinajstić information content (AvgIpc) is 3.14. The second kappa shape index (κ2) is 39.2. The van der Waals surface area contributed by atoms with E-state index in [9.17, 15) is 19.0 Å². The van der Waals surface area contributed by atoms with Gasteiger partial charge in [0.1, 0.15) is 6.61 Å². The van der Waals surface area contributed by atoms with Gasteiger partial charge in [0.2, 0.25) is 0 Å². The van der Waals surface area contributed by atoms with Crippen LogP contribution in [0.3, 0.4) is 0 Å². The fourth-order valence-corrected chi connectivity index (χ4v) is 5.83. The molecular formula is C43H74NO8P. The number of nitrogens with two attached hydrogens (primary N) is 1. The van der Waals surface area contributed by atoms with E-state index in [-0.39, 0.29) is 32.6 Å². The number of carbonyl (C=O) groups excluding carboxylic acids is 2. The lowest BCUT2D eigenvalue weighted by Crippen LogP contribution is -2.29. The third-order valence-electron chi connectivity index (χ3n) is 8.08. The lowest BCUT2D eigenvalue weighted by atomic mass is 10.1. The zero-order chi connectivity index (χ0) is 38.9. The number of carbonyl (C=O) groups is 2. The number of ether oxygens (including phenoxy) is 2. The number of phosphoric acid groups is 1. The van der Waals surface area contributed by atoms with Gasteiger partial charge in [-0.2, -0.15) is 0 Å². The first kappa shape index (κ1) is 50.5. The Balaban J connectivity index is 4.28. The minimum absolute atomic E-state index is 0.0432. The highest BCUT2D eigenvalue weighted by molar-refractivity contribution is 7.47. The number of hydrogen-bond acceptors (Lipinski definition) is 8. The normalized spacial score (nSPS) is 14.1. The highest BCUT2D eigenvalue weighted by Gasteiger charge is 2.25. The number of rotatable bonds is 37. The lowest BCUT2D eigenvalue weighted by Gasteiger charge is -2.19. The molecule has 9 nitrogen and oxygen atoms in total. The van der Waals surface area contributed by atoms with Crippen LogP contribution in [0.2, 0.25) is 0 Å². The predicted octanol–water partition coefficient (Wildman–Crippen LogP) is 11.5. The second-order valence-electron chi connectivity index (χ2n) is 13.1. The zero-order valence-electron chi connectivity index (χ0n) is 33.2. The van der Waals surface area contributed by atoms with E-state index in [0.29, 0.717) is 12.8 Å². The molecule has 0 aromatic heterocycles. The molecule has 0 saturated heterocycles. The molecule has 0 aromatic rings. The summed E-state index contributed by atoms with van der Waals surface area (Å²) in [7, 11) is -4.39. The van der Waals surface area contributed by atoms with Crippen LogP contribution in [0.15, 0.2) is 72.9 Å². The first-order chi connectivity index (χ1) is 25.8. The Kier molecular flexibility index (Phi) is 37.3. The summed E-state index contributed by atoms with van der Waals surface area (Å²) in [4.78, 5) is 34.8. The molecule has 1 unspecified atom stereocenters. The van der Waals surface area contributed by atoms with Gasteiger partial charge < -0.3 is 20.1 Å². The molecule has 0 amide bonds. The van der Waals surface area contributed by atoms with E-state index < -0.39 is 32.5 Å². The van der Waals surface area contributed by atoms with Crippen molar-refractivity contribution < 1.29 is 37.6 Å². The number of allylic oxidation sites excluding steroid dienone is 12. The molecule has 0 spiro atoms. The lowest BCUT2D eigenvalue weighted by molar-refractivity contribution is -0.161. The fourth-order valence-electron chi connectivity index (χ4n) is 5.07. The standard InChI is InChI=1S/C43H74NO8P/c1-3-5-7-9-11-13-15-17-19-20-22-24-26-28-30-32-34-36-43(46)52-41(40-51-53(47,48)50-38-37-44)39-49-42(45)35-33-31-29-27-25-23-21-18-16-14-12-10-8-6-4-2/h5,7,11-14,17-19,21-22,24,41H,3-4,6,8-10,15-16,20,23,25-40,44H2,1-2H3,(H,47,48)/t41-/m1/s1. The topological polar surface area (TPSA) is 134 Å². The van der Waals surface area contributed by atoms with Gasteiger partial charge in [0, 0.05) is 19.4 Å². The summed E-state index contributed by atoms with van der Waals surface area (Å²) in [6.07, 6.45) is 46.4. The van der Waals surface area contributed by atoms with Crippen molar-refractivity contribution in [2.45, 2.75) is 161 Å². The smallest absolute Gasteiger partial charge is 0.462 e. The Hall–Kier alpha value is -2.55. The van der Waals surface area contributed by atoms with Gasteiger partial charge in [-0.1, -0.05) is 132 Å². The average molecular weight is 764 g/mol. The molecule has 53 heavy (non-hydrogen) atoms. The highest BCUT2D eigenvalue weighted by atomic mass is 31.2. The zero-order valence-corrected chi connectivity index (χ0v) is 34.1. The van der Waals surface area contributed by atoms with Gasteiger partial charge >= 0.3 is 19.8 Å². The number of esters is 2. The molecule has 10 heteroatoms. The molecular weight excluding hydrogens is 689 g/mol. The highest BCUT2D eigenvalue weighted by Crippen LogP contribution is 2.43. The molecule has 0 aromatic carbocycles. The molecule has 0 heterocycles. The van der Waals surface area contributed by atoms with E-state index in [1.54, 1.807) is 0 Å². The maximum atomic E-state index is 12.6. The van der Waals surface area contributed by atoms with Crippen LogP contribution in [0.4, 0.5) is 0 Å². The monoisotopic (exact) mass is 764 g/mol. The Morgan fingerprint density at radius 1 is 0.585 bits per heavy atom. The first-order valence-corrected chi connectivity index (χ1v) is 21.9. The number of hydrogen-bond donors (Lipinski definition) is 2. The van der Waals surface area contributed by atoms with Crippen LogP contribution in [0.25, 0.3) is 0 Å². The van der Waals surface area contributed by atoms with E-state index in [1.165, 1.54) is 25.7 Å². The summed E-state index contributed by atoms with van der Waals surface area (Å²) < 4.78 is 32.7.